The standard InChI is InChI=1S/C12H11N3O4/c13-10-3-1-2-9(11(10)15(17)18)12(16)14-6-8-4-5-19-7-8/h1-5,7H,6,13H2,(H,14,16). The first-order valence-electron chi connectivity index (χ1n) is 5.41. The molecule has 1 heterocycles. The number of nitrogens with zero attached hydrogens (tertiary/aromatic N) is 1. The molecule has 3 N–H and O–H groups in total. The Morgan fingerprint density at radius 3 is 2.84 bits per heavy atom. The molecule has 1 aromatic carbocycles. The van der Waals surface area contributed by atoms with Gasteiger partial charge in [0.05, 0.1) is 17.4 Å². The van der Waals surface area contributed by atoms with Gasteiger partial charge in [0.1, 0.15) is 11.3 Å². The van der Waals surface area contributed by atoms with E-state index in [4.69, 9.17) is 10.2 Å². The van der Waals surface area contributed by atoms with Crippen molar-refractivity contribution in [2.45, 2.75) is 6.54 Å². The lowest BCUT2D eigenvalue weighted by molar-refractivity contribution is -0.384. The number of nitrogens with one attached hydrogen (secondary N) is 1. The zero-order chi connectivity index (χ0) is 13.8. The maximum Gasteiger partial charge on any atom is 0.304 e. The fourth-order valence-corrected chi connectivity index (χ4v) is 1.62. The summed E-state index contributed by atoms with van der Waals surface area (Å²) in [5.41, 5.74) is 5.79. The molecular weight excluding hydrogens is 250 g/mol. The summed E-state index contributed by atoms with van der Waals surface area (Å²) in [5.74, 6) is -0.555. The molecule has 0 aliphatic rings. The van der Waals surface area contributed by atoms with Crippen LogP contribution < -0.4 is 11.1 Å². The van der Waals surface area contributed by atoms with Crippen LogP contribution in [0.4, 0.5) is 11.4 Å². The van der Waals surface area contributed by atoms with Gasteiger partial charge in [-0.1, -0.05) is 6.07 Å². The monoisotopic (exact) mass is 261 g/mol. The highest BCUT2D eigenvalue weighted by Gasteiger charge is 2.22. The number of carbonyl (C=O) groups excluding carboxylic acids is 1. The zero-order valence-corrected chi connectivity index (χ0v) is 9.83. The Labute approximate surface area is 108 Å². The Kier molecular flexibility index (Phi) is 3.46. The van der Waals surface area contributed by atoms with E-state index in [2.05, 4.69) is 5.32 Å². The van der Waals surface area contributed by atoms with Gasteiger partial charge in [0, 0.05) is 12.1 Å². The molecule has 0 aliphatic carbocycles. The Bertz CT molecular complexity index is 607. The van der Waals surface area contributed by atoms with Crippen LogP contribution in [-0.4, -0.2) is 10.8 Å². The summed E-state index contributed by atoms with van der Waals surface area (Å²) in [6.45, 7) is 0.223. The second kappa shape index (κ2) is 5.21. The normalized spacial score (nSPS) is 10.1. The summed E-state index contributed by atoms with van der Waals surface area (Å²) < 4.78 is 4.85. The van der Waals surface area contributed by atoms with Crippen LogP contribution in [0.15, 0.2) is 41.2 Å². The number of hydrogen-bond donors (Lipinski definition) is 2. The second-order valence-corrected chi connectivity index (χ2v) is 3.81. The molecular formula is C12H11N3O4. The fourth-order valence-electron chi connectivity index (χ4n) is 1.62. The maximum atomic E-state index is 11.9. The molecule has 0 radical (unpaired) electrons. The van der Waals surface area contributed by atoms with Crippen molar-refractivity contribution >= 4 is 17.3 Å². The Morgan fingerprint density at radius 2 is 2.21 bits per heavy atom. The van der Waals surface area contributed by atoms with Crippen LogP contribution in [0, 0.1) is 10.1 Å². The summed E-state index contributed by atoms with van der Waals surface area (Å²) in [6.07, 6.45) is 2.96. The van der Waals surface area contributed by atoms with Crippen molar-refractivity contribution < 1.29 is 14.1 Å². The minimum absolute atomic E-state index is 0.0408. The van der Waals surface area contributed by atoms with Crippen molar-refractivity contribution in [2.24, 2.45) is 0 Å². The number of hydrogen-bond acceptors (Lipinski definition) is 5. The van der Waals surface area contributed by atoms with Gasteiger partial charge < -0.3 is 15.5 Å². The summed E-state index contributed by atoms with van der Waals surface area (Å²) in [5, 5.41) is 13.5. The predicted octanol–water partition coefficient (Wildman–Crippen LogP) is 1.70. The van der Waals surface area contributed by atoms with Crippen LogP contribution >= 0.6 is 0 Å². The number of nitro benzene ring substituents is 1. The second-order valence-electron chi connectivity index (χ2n) is 3.81. The van der Waals surface area contributed by atoms with E-state index in [1.165, 1.54) is 30.7 Å². The number of anilines is 1. The van der Waals surface area contributed by atoms with Crippen molar-refractivity contribution in [1.82, 2.24) is 5.32 Å². The minimum Gasteiger partial charge on any atom is -0.472 e. The molecule has 7 heteroatoms. The van der Waals surface area contributed by atoms with Crippen LogP contribution in [0.1, 0.15) is 15.9 Å². The molecule has 0 atom stereocenters. The number of amides is 1. The van der Waals surface area contributed by atoms with E-state index in [1.54, 1.807) is 6.07 Å². The molecule has 0 saturated heterocycles. The summed E-state index contributed by atoms with van der Waals surface area (Å²) in [6, 6.07) is 5.92. The molecule has 1 amide bonds. The van der Waals surface area contributed by atoms with Gasteiger partial charge in [-0.25, -0.2) is 0 Å². The minimum atomic E-state index is -0.665. The van der Waals surface area contributed by atoms with Gasteiger partial charge in [-0.3, -0.25) is 14.9 Å². The Morgan fingerprint density at radius 1 is 1.42 bits per heavy atom. The van der Waals surface area contributed by atoms with Gasteiger partial charge in [0.2, 0.25) is 0 Å². The lowest BCUT2D eigenvalue weighted by atomic mass is 10.1. The van der Waals surface area contributed by atoms with Gasteiger partial charge in [0.15, 0.2) is 0 Å². The highest BCUT2D eigenvalue weighted by atomic mass is 16.6. The van der Waals surface area contributed by atoms with Crippen LogP contribution in [0.2, 0.25) is 0 Å². The van der Waals surface area contributed by atoms with Gasteiger partial charge >= 0.3 is 5.69 Å². The molecule has 19 heavy (non-hydrogen) atoms. The summed E-state index contributed by atoms with van der Waals surface area (Å²) in [7, 11) is 0. The number of nitrogen functional groups attached to an aromatic ring is 1. The number of rotatable bonds is 4. The molecule has 0 spiro atoms. The highest BCUT2D eigenvalue weighted by Crippen LogP contribution is 2.25. The number of furan rings is 1. The van der Waals surface area contributed by atoms with E-state index in [0.29, 0.717) is 0 Å². The van der Waals surface area contributed by atoms with Crippen LogP contribution in [0.3, 0.4) is 0 Å². The first-order valence-corrected chi connectivity index (χ1v) is 5.41. The van der Waals surface area contributed by atoms with Crippen molar-refractivity contribution in [3.05, 3.63) is 58.0 Å². The quantitative estimate of drug-likeness (QED) is 0.494. The molecule has 2 aromatic rings. The van der Waals surface area contributed by atoms with E-state index in [9.17, 15) is 14.9 Å². The van der Waals surface area contributed by atoms with E-state index in [-0.39, 0.29) is 23.5 Å². The largest absolute Gasteiger partial charge is 0.472 e. The molecule has 0 unspecified atom stereocenters. The average Bonchev–Trinajstić information content (AvgIpc) is 2.88. The van der Waals surface area contributed by atoms with Crippen molar-refractivity contribution in [3.8, 4) is 0 Å². The lowest BCUT2D eigenvalue weighted by Gasteiger charge is -2.05. The van der Waals surface area contributed by atoms with Crippen molar-refractivity contribution in [2.75, 3.05) is 5.73 Å². The number of nitro groups is 1. The molecule has 1 aromatic heterocycles. The van der Waals surface area contributed by atoms with E-state index >= 15 is 0 Å². The molecule has 2 rings (SSSR count). The third-order valence-electron chi connectivity index (χ3n) is 2.53. The number of nitrogens with two attached hydrogens (primary N) is 1. The van der Waals surface area contributed by atoms with Crippen molar-refractivity contribution in [1.29, 1.82) is 0 Å². The van der Waals surface area contributed by atoms with Crippen LogP contribution in [-0.2, 0) is 6.54 Å². The van der Waals surface area contributed by atoms with E-state index in [1.807, 2.05) is 0 Å². The molecule has 0 bridgehead atoms. The van der Waals surface area contributed by atoms with E-state index < -0.39 is 10.8 Å². The van der Waals surface area contributed by atoms with Crippen LogP contribution in [0.5, 0.6) is 0 Å². The predicted molar refractivity (Wildman–Crippen MR) is 67.4 cm³/mol. The zero-order valence-electron chi connectivity index (χ0n) is 9.83. The summed E-state index contributed by atoms with van der Waals surface area (Å²) >= 11 is 0. The molecule has 98 valence electrons. The van der Waals surface area contributed by atoms with Crippen molar-refractivity contribution in [3.63, 3.8) is 0 Å². The Balaban J connectivity index is 2.19. The number of benzene rings is 1. The molecule has 7 nitrogen and oxygen atoms in total. The maximum absolute atomic E-state index is 11.9. The SMILES string of the molecule is Nc1cccc(C(=O)NCc2ccoc2)c1[N+](=O)[O-]. The van der Waals surface area contributed by atoms with Gasteiger partial charge in [-0.05, 0) is 18.2 Å². The molecule has 0 saturated carbocycles. The van der Waals surface area contributed by atoms with E-state index in [0.717, 1.165) is 5.56 Å². The third-order valence-corrected chi connectivity index (χ3v) is 2.53. The third kappa shape index (κ3) is 2.71. The molecule has 0 fully saturated rings. The van der Waals surface area contributed by atoms with Gasteiger partial charge in [0.25, 0.3) is 5.91 Å². The smallest absolute Gasteiger partial charge is 0.304 e. The topological polar surface area (TPSA) is 111 Å². The Hall–Kier alpha value is -2.83. The number of carbonyl (C=O) groups is 1. The average molecular weight is 261 g/mol. The fraction of sp³-hybridized carbons (Fsp3) is 0.0833. The first-order chi connectivity index (χ1) is 9.09. The van der Waals surface area contributed by atoms with Crippen LogP contribution in [0.25, 0.3) is 0 Å². The highest BCUT2D eigenvalue weighted by molar-refractivity contribution is 6.00. The van der Waals surface area contributed by atoms with Gasteiger partial charge in [-0.2, -0.15) is 0 Å². The lowest BCUT2D eigenvalue weighted by Crippen LogP contribution is -2.23. The first kappa shape index (κ1) is 12.6. The number of para-hydroxylation sites is 1. The molecule has 0 aliphatic heterocycles. The summed E-state index contributed by atoms with van der Waals surface area (Å²) in [4.78, 5) is 22.2. The van der Waals surface area contributed by atoms with Gasteiger partial charge in [-0.15, -0.1) is 0 Å².